The van der Waals surface area contributed by atoms with Crippen molar-refractivity contribution in [3.8, 4) is 0 Å². The molecule has 1 saturated heterocycles. The van der Waals surface area contributed by atoms with Crippen molar-refractivity contribution in [2.24, 2.45) is 0 Å². The van der Waals surface area contributed by atoms with Crippen LogP contribution in [-0.2, 0) is 11.2 Å². The third-order valence-electron chi connectivity index (χ3n) is 4.72. The quantitative estimate of drug-likeness (QED) is 0.599. The van der Waals surface area contributed by atoms with Crippen LogP contribution in [0.4, 0.5) is 0 Å². The number of amides is 1. The first-order valence-corrected chi connectivity index (χ1v) is 9.31. The van der Waals surface area contributed by atoms with Crippen molar-refractivity contribution in [3.63, 3.8) is 0 Å². The van der Waals surface area contributed by atoms with E-state index in [0.29, 0.717) is 12.3 Å². The van der Waals surface area contributed by atoms with Crippen LogP contribution < -0.4 is 0 Å². The molecule has 1 aliphatic heterocycles. The highest BCUT2D eigenvalue weighted by Crippen LogP contribution is 2.15. The Morgan fingerprint density at radius 3 is 2.39 bits per heavy atom. The zero-order valence-corrected chi connectivity index (χ0v) is 14.9. The van der Waals surface area contributed by atoms with Crippen LogP contribution in [0.5, 0.6) is 0 Å². The Balaban J connectivity index is 1.72. The van der Waals surface area contributed by atoms with E-state index in [1.807, 2.05) is 5.01 Å². The van der Waals surface area contributed by atoms with Gasteiger partial charge < -0.3 is 0 Å². The predicted octanol–water partition coefficient (Wildman–Crippen LogP) is 4.35. The standard InChI is InChI=1S/C20H32N2O/c1-3-4-5-6-7-8-15-21-16-14-20(23)22(21)17-13-19-11-9-18(2)10-12-19/h9-12H,3-8,13-17H2,1-2H3. The van der Waals surface area contributed by atoms with Gasteiger partial charge >= 0.3 is 0 Å². The topological polar surface area (TPSA) is 23.6 Å². The number of carbonyl (C=O) groups is 1. The summed E-state index contributed by atoms with van der Waals surface area (Å²) in [6.45, 7) is 7.11. The minimum atomic E-state index is 0.295. The van der Waals surface area contributed by atoms with Crippen LogP contribution in [-0.4, -0.2) is 35.6 Å². The fraction of sp³-hybridized carbons (Fsp3) is 0.650. The Hall–Kier alpha value is -1.35. The molecule has 3 heteroatoms. The van der Waals surface area contributed by atoms with Crippen molar-refractivity contribution in [1.29, 1.82) is 0 Å². The van der Waals surface area contributed by atoms with Gasteiger partial charge in [-0.3, -0.25) is 9.80 Å². The van der Waals surface area contributed by atoms with Crippen LogP contribution in [0.2, 0.25) is 0 Å². The fourth-order valence-electron chi connectivity index (χ4n) is 3.20. The first-order chi connectivity index (χ1) is 11.2. The van der Waals surface area contributed by atoms with E-state index < -0.39 is 0 Å². The summed E-state index contributed by atoms with van der Waals surface area (Å²) in [6.07, 6.45) is 9.46. The monoisotopic (exact) mass is 316 g/mol. The van der Waals surface area contributed by atoms with Crippen LogP contribution in [0.3, 0.4) is 0 Å². The molecular weight excluding hydrogens is 284 g/mol. The van der Waals surface area contributed by atoms with Gasteiger partial charge in [0.2, 0.25) is 5.91 Å². The van der Waals surface area contributed by atoms with Gasteiger partial charge in [-0.2, -0.15) is 0 Å². The molecule has 1 aliphatic rings. The van der Waals surface area contributed by atoms with Gasteiger partial charge in [-0.05, 0) is 25.3 Å². The van der Waals surface area contributed by atoms with Crippen LogP contribution in [0.1, 0.15) is 63.0 Å². The Bertz CT molecular complexity index is 469. The molecule has 0 N–H and O–H groups in total. The fourth-order valence-corrected chi connectivity index (χ4v) is 3.20. The molecule has 0 aromatic heterocycles. The molecule has 0 spiro atoms. The van der Waals surface area contributed by atoms with Gasteiger partial charge in [0, 0.05) is 26.1 Å². The molecule has 2 rings (SSSR count). The molecule has 0 atom stereocenters. The van der Waals surface area contributed by atoms with Crippen molar-refractivity contribution in [2.45, 2.75) is 65.2 Å². The lowest BCUT2D eigenvalue weighted by molar-refractivity contribution is -0.137. The summed E-state index contributed by atoms with van der Waals surface area (Å²) >= 11 is 0. The molecule has 1 heterocycles. The molecule has 1 fully saturated rings. The van der Waals surface area contributed by atoms with E-state index in [1.54, 1.807) is 0 Å². The number of carbonyl (C=O) groups excluding carboxylic acids is 1. The molecule has 128 valence electrons. The highest BCUT2D eigenvalue weighted by Gasteiger charge is 2.27. The van der Waals surface area contributed by atoms with E-state index in [-0.39, 0.29) is 0 Å². The van der Waals surface area contributed by atoms with Gasteiger partial charge in [-0.15, -0.1) is 0 Å². The Morgan fingerprint density at radius 2 is 1.65 bits per heavy atom. The lowest BCUT2D eigenvalue weighted by Gasteiger charge is -2.28. The summed E-state index contributed by atoms with van der Waals surface area (Å²) < 4.78 is 0. The third-order valence-corrected chi connectivity index (χ3v) is 4.72. The molecule has 23 heavy (non-hydrogen) atoms. The Labute approximate surface area is 141 Å². The smallest absolute Gasteiger partial charge is 0.238 e. The van der Waals surface area contributed by atoms with E-state index in [4.69, 9.17) is 0 Å². The number of unbranched alkanes of at least 4 members (excludes halogenated alkanes) is 5. The second-order valence-electron chi connectivity index (χ2n) is 6.72. The molecule has 1 amide bonds. The van der Waals surface area contributed by atoms with E-state index in [9.17, 15) is 4.79 Å². The average molecular weight is 316 g/mol. The van der Waals surface area contributed by atoms with Crippen molar-refractivity contribution < 1.29 is 4.79 Å². The summed E-state index contributed by atoms with van der Waals surface area (Å²) in [7, 11) is 0. The minimum Gasteiger partial charge on any atom is -0.275 e. The first-order valence-electron chi connectivity index (χ1n) is 9.31. The number of hydrogen-bond acceptors (Lipinski definition) is 2. The summed E-state index contributed by atoms with van der Waals surface area (Å²) in [6, 6.07) is 8.65. The third kappa shape index (κ3) is 5.98. The maximum atomic E-state index is 12.1. The highest BCUT2D eigenvalue weighted by molar-refractivity contribution is 5.77. The summed E-state index contributed by atoms with van der Waals surface area (Å²) in [5.74, 6) is 0.295. The molecule has 3 nitrogen and oxygen atoms in total. The van der Waals surface area contributed by atoms with Crippen molar-refractivity contribution in [2.75, 3.05) is 19.6 Å². The van der Waals surface area contributed by atoms with E-state index >= 15 is 0 Å². The van der Waals surface area contributed by atoms with Gasteiger partial charge in [0.05, 0.1) is 0 Å². The molecular formula is C20H32N2O. The van der Waals surface area contributed by atoms with E-state index in [2.05, 4.69) is 43.1 Å². The summed E-state index contributed by atoms with van der Waals surface area (Å²) in [5.41, 5.74) is 2.60. The largest absolute Gasteiger partial charge is 0.275 e. The summed E-state index contributed by atoms with van der Waals surface area (Å²) in [5, 5.41) is 4.27. The SMILES string of the molecule is CCCCCCCCN1CCC(=O)N1CCc1ccc(C)cc1. The summed E-state index contributed by atoms with van der Waals surface area (Å²) in [4.78, 5) is 12.1. The number of aryl methyl sites for hydroxylation is 1. The number of hydrazine groups is 1. The second kappa shape index (κ2) is 9.71. The van der Waals surface area contributed by atoms with Crippen molar-refractivity contribution in [3.05, 3.63) is 35.4 Å². The molecule has 0 bridgehead atoms. The lowest BCUT2D eigenvalue weighted by Crippen LogP contribution is -2.40. The van der Waals surface area contributed by atoms with Crippen molar-refractivity contribution >= 4 is 5.91 Å². The van der Waals surface area contributed by atoms with Crippen molar-refractivity contribution in [1.82, 2.24) is 10.0 Å². The van der Waals surface area contributed by atoms with Gasteiger partial charge in [-0.25, -0.2) is 5.01 Å². The zero-order chi connectivity index (χ0) is 16.5. The predicted molar refractivity (Wildman–Crippen MR) is 96.2 cm³/mol. The zero-order valence-electron chi connectivity index (χ0n) is 14.9. The van der Waals surface area contributed by atoms with Gasteiger partial charge in [0.15, 0.2) is 0 Å². The second-order valence-corrected chi connectivity index (χ2v) is 6.72. The molecule has 0 saturated carbocycles. The first kappa shape index (κ1) is 18.0. The maximum absolute atomic E-state index is 12.1. The normalized spacial score (nSPS) is 15.6. The number of nitrogens with zero attached hydrogens (tertiary/aromatic N) is 2. The van der Waals surface area contributed by atoms with Crippen LogP contribution in [0.15, 0.2) is 24.3 Å². The Kier molecular flexibility index (Phi) is 7.60. The molecule has 0 aliphatic carbocycles. The van der Waals surface area contributed by atoms with E-state index in [1.165, 1.54) is 49.7 Å². The average Bonchev–Trinajstić information content (AvgIpc) is 2.90. The number of rotatable bonds is 10. The molecule has 1 aromatic carbocycles. The number of hydrogen-bond donors (Lipinski definition) is 0. The molecule has 1 aromatic rings. The highest BCUT2D eigenvalue weighted by atomic mass is 16.2. The lowest BCUT2D eigenvalue weighted by atomic mass is 10.1. The van der Waals surface area contributed by atoms with Gasteiger partial charge in [0.25, 0.3) is 0 Å². The minimum absolute atomic E-state index is 0.295. The van der Waals surface area contributed by atoms with Crippen LogP contribution >= 0.6 is 0 Å². The molecule has 0 unspecified atom stereocenters. The Morgan fingerprint density at radius 1 is 0.957 bits per heavy atom. The number of benzene rings is 1. The molecule has 0 radical (unpaired) electrons. The van der Waals surface area contributed by atoms with E-state index in [0.717, 1.165) is 26.1 Å². The van der Waals surface area contributed by atoms with Gasteiger partial charge in [-0.1, -0.05) is 68.9 Å². The maximum Gasteiger partial charge on any atom is 0.238 e. The van der Waals surface area contributed by atoms with Crippen LogP contribution in [0, 0.1) is 6.92 Å². The van der Waals surface area contributed by atoms with Crippen LogP contribution in [0.25, 0.3) is 0 Å². The van der Waals surface area contributed by atoms with Gasteiger partial charge in [0.1, 0.15) is 0 Å².